The molecule has 3 nitrogen and oxygen atoms in total. The van der Waals surface area contributed by atoms with Crippen molar-refractivity contribution < 1.29 is 14.3 Å². The maximum atomic E-state index is 12.5. The summed E-state index contributed by atoms with van der Waals surface area (Å²) in [6, 6.07) is 7.35. The molecule has 1 unspecified atom stereocenters. The van der Waals surface area contributed by atoms with Crippen LogP contribution in [0.1, 0.15) is 43.5 Å². The fourth-order valence-corrected chi connectivity index (χ4v) is 2.31. The number of ketones is 1. The SMILES string of the molecule is CCOc1cccc(C(=O)C2(C)CCCCO2)c1. The minimum absolute atomic E-state index is 0.0590. The monoisotopic (exact) mass is 248 g/mol. The molecule has 0 bridgehead atoms. The number of hydrogen-bond acceptors (Lipinski definition) is 3. The summed E-state index contributed by atoms with van der Waals surface area (Å²) in [5, 5.41) is 0. The van der Waals surface area contributed by atoms with Crippen LogP contribution in [0.25, 0.3) is 0 Å². The standard InChI is InChI=1S/C15H20O3/c1-3-17-13-8-6-7-12(11-13)14(16)15(2)9-4-5-10-18-15/h6-8,11H,3-5,9-10H2,1-2H3. The van der Waals surface area contributed by atoms with Gasteiger partial charge in [-0.2, -0.15) is 0 Å². The highest BCUT2D eigenvalue weighted by molar-refractivity contribution is 6.02. The van der Waals surface area contributed by atoms with E-state index in [9.17, 15) is 4.79 Å². The average molecular weight is 248 g/mol. The van der Waals surface area contributed by atoms with Gasteiger partial charge in [0.05, 0.1) is 6.61 Å². The maximum absolute atomic E-state index is 12.5. The van der Waals surface area contributed by atoms with E-state index in [0.29, 0.717) is 18.8 Å². The molecule has 1 fully saturated rings. The largest absolute Gasteiger partial charge is 0.494 e. The Morgan fingerprint density at radius 1 is 1.44 bits per heavy atom. The molecule has 1 aliphatic heterocycles. The molecular weight excluding hydrogens is 228 g/mol. The van der Waals surface area contributed by atoms with Gasteiger partial charge < -0.3 is 9.47 Å². The zero-order valence-electron chi connectivity index (χ0n) is 11.1. The van der Waals surface area contributed by atoms with Crippen LogP contribution in [0.3, 0.4) is 0 Å². The van der Waals surface area contributed by atoms with E-state index in [-0.39, 0.29) is 5.78 Å². The summed E-state index contributed by atoms with van der Waals surface area (Å²) in [5.41, 5.74) is 0.00802. The van der Waals surface area contributed by atoms with E-state index < -0.39 is 5.60 Å². The van der Waals surface area contributed by atoms with Gasteiger partial charge in [-0.05, 0) is 45.2 Å². The van der Waals surface area contributed by atoms with Crippen LogP contribution >= 0.6 is 0 Å². The van der Waals surface area contributed by atoms with Crippen molar-refractivity contribution in [3.05, 3.63) is 29.8 Å². The lowest BCUT2D eigenvalue weighted by Gasteiger charge is -2.32. The Morgan fingerprint density at radius 2 is 2.28 bits per heavy atom. The second-order valence-corrected chi connectivity index (χ2v) is 4.83. The molecular formula is C15H20O3. The molecule has 98 valence electrons. The summed E-state index contributed by atoms with van der Waals surface area (Å²) in [7, 11) is 0. The quantitative estimate of drug-likeness (QED) is 0.767. The zero-order valence-corrected chi connectivity index (χ0v) is 11.1. The molecule has 1 aliphatic rings. The molecule has 2 rings (SSSR count). The molecule has 1 atom stereocenters. The lowest BCUT2D eigenvalue weighted by atomic mass is 9.88. The van der Waals surface area contributed by atoms with Crippen LogP contribution in [0.4, 0.5) is 0 Å². The maximum Gasteiger partial charge on any atom is 0.194 e. The second-order valence-electron chi connectivity index (χ2n) is 4.83. The van der Waals surface area contributed by atoms with Crippen LogP contribution in [0, 0.1) is 0 Å². The fraction of sp³-hybridized carbons (Fsp3) is 0.533. The lowest BCUT2D eigenvalue weighted by molar-refractivity contribution is -0.0426. The first-order valence-corrected chi connectivity index (χ1v) is 6.57. The van der Waals surface area contributed by atoms with Gasteiger partial charge in [0.1, 0.15) is 11.4 Å². The molecule has 1 aromatic rings. The van der Waals surface area contributed by atoms with Gasteiger partial charge in [0.15, 0.2) is 5.78 Å². The number of ether oxygens (including phenoxy) is 2. The Bertz CT molecular complexity index is 420. The molecule has 18 heavy (non-hydrogen) atoms. The van der Waals surface area contributed by atoms with Crippen molar-refractivity contribution in [3.8, 4) is 5.75 Å². The van der Waals surface area contributed by atoms with E-state index in [0.717, 1.165) is 25.0 Å². The van der Waals surface area contributed by atoms with Gasteiger partial charge in [-0.15, -0.1) is 0 Å². The Hall–Kier alpha value is -1.35. The normalized spacial score (nSPS) is 23.7. The van der Waals surface area contributed by atoms with Crippen LogP contribution in [0.2, 0.25) is 0 Å². The third-order valence-electron chi connectivity index (χ3n) is 3.36. The Kier molecular flexibility index (Phi) is 4.02. The summed E-state index contributed by atoms with van der Waals surface area (Å²) in [5.74, 6) is 0.798. The molecule has 0 saturated carbocycles. The minimum Gasteiger partial charge on any atom is -0.494 e. The Labute approximate surface area is 108 Å². The van der Waals surface area contributed by atoms with Crippen LogP contribution < -0.4 is 4.74 Å². The highest BCUT2D eigenvalue weighted by atomic mass is 16.5. The summed E-state index contributed by atoms with van der Waals surface area (Å²) in [6.07, 6.45) is 2.89. The molecule has 1 saturated heterocycles. The average Bonchev–Trinajstić information content (AvgIpc) is 2.39. The molecule has 1 aromatic carbocycles. The third-order valence-corrected chi connectivity index (χ3v) is 3.36. The van der Waals surface area contributed by atoms with Crippen molar-refractivity contribution in [2.45, 2.75) is 38.7 Å². The zero-order chi connectivity index (χ0) is 13.0. The van der Waals surface area contributed by atoms with Gasteiger partial charge in [0.25, 0.3) is 0 Å². The Balaban J connectivity index is 2.19. The molecule has 0 N–H and O–H groups in total. The number of rotatable bonds is 4. The summed E-state index contributed by atoms with van der Waals surface area (Å²) in [4.78, 5) is 12.5. The van der Waals surface area contributed by atoms with Gasteiger partial charge >= 0.3 is 0 Å². The molecule has 0 radical (unpaired) electrons. The Morgan fingerprint density at radius 3 is 2.94 bits per heavy atom. The number of Topliss-reactive ketones (excluding diaryl/α,β-unsaturated/α-hetero) is 1. The van der Waals surface area contributed by atoms with Crippen molar-refractivity contribution in [2.75, 3.05) is 13.2 Å². The number of benzene rings is 1. The number of hydrogen-bond donors (Lipinski definition) is 0. The number of carbonyl (C=O) groups excluding carboxylic acids is 1. The van der Waals surface area contributed by atoms with Gasteiger partial charge in [-0.25, -0.2) is 0 Å². The van der Waals surface area contributed by atoms with E-state index in [1.54, 1.807) is 6.07 Å². The molecule has 0 spiro atoms. The van der Waals surface area contributed by atoms with Crippen molar-refractivity contribution >= 4 is 5.78 Å². The first-order chi connectivity index (χ1) is 8.65. The molecule has 1 heterocycles. The van der Waals surface area contributed by atoms with E-state index in [1.165, 1.54) is 0 Å². The predicted molar refractivity (Wildman–Crippen MR) is 70.1 cm³/mol. The third kappa shape index (κ3) is 2.72. The van der Waals surface area contributed by atoms with Crippen molar-refractivity contribution in [3.63, 3.8) is 0 Å². The lowest BCUT2D eigenvalue weighted by Crippen LogP contribution is -2.41. The van der Waals surface area contributed by atoms with Gasteiger partial charge in [-0.1, -0.05) is 12.1 Å². The van der Waals surface area contributed by atoms with Gasteiger partial charge in [0, 0.05) is 12.2 Å². The topological polar surface area (TPSA) is 35.5 Å². The van der Waals surface area contributed by atoms with E-state index in [2.05, 4.69) is 0 Å². The van der Waals surface area contributed by atoms with Gasteiger partial charge in [-0.3, -0.25) is 4.79 Å². The molecule has 0 aliphatic carbocycles. The molecule has 3 heteroatoms. The van der Waals surface area contributed by atoms with Crippen LogP contribution in [-0.2, 0) is 4.74 Å². The van der Waals surface area contributed by atoms with Crippen molar-refractivity contribution in [1.29, 1.82) is 0 Å². The first kappa shape index (κ1) is 13.1. The summed E-state index contributed by atoms with van der Waals surface area (Å²) >= 11 is 0. The van der Waals surface area contributed by atoms with Crippen LogP contribution in [0.15, 0.2) is 24.3 Å². The van der Waals surface area contributed by atoms with Gasteiger partial charge in [0.2, 0.25) is 0 Å². The summed E-state index contributed by atoms with van der Waals surface area (Å²) in [6.45, 7) is 5.10. The van der Waals surface area contributed by atoms with E-state index >= 15 is 0 Å². The van der Waals surface area contributed by atoms with E-state index in [1.807, 2.05) is 32.0 Å². The molecule has 0 amide bonds. The molecule has 0 aromatic heterocycles. The van der Waals surface area contributed by atoms with Crippen LogP contribution in [0.5, 0.6) is 5.75 Å². The highest BCUT2D eigenvalue weighted by Gasteiger charge is 2.36. The second kappa shape index (κ2) is 5.53. The minimum atomic E-state index is -0.664. The van der Waals surface area contributed by atoms with Crippen molar-refractivity contribution in [2.24, 2.45) is 0 Å². The fourth-order valence-electron chi connectivity index (χ4n) is 2.31. The number of carbonyl (C=O) groups is 1. The predicted octanol–water partition coefficient (Wildman–Crippen LogP) is 3.23. The first-order valence-electron chi connectivity index (χ1n) is 6.57. The van der Waals surface area contributed by atoms with E-state index in [4.69, 9.17) is 9.47 Å². The summed E-state index contributed by atoms with van der Waals surface area (Å²) < 4.78 is 11.1. The highest BCUT2D eigenvalue weighted by Crippen LogP contribution is 2.29. The van der Waals surface area contributed by atoms with Crippen LogP contribution in [-0.4, -0.2) is 24.6 Å². The smallest absolute Gasteiger partial charge is 0.194 e. The van der Waals surface area contributed by atoms with Crippen molar-refractivity contribution in [1.82, 2.24) is 0 Å².